The van der Waals surface area contributed by atoms with Crippen LogP contribution >= 0.6 is 12.2 Å². The average Bonchev–Trinajstić information content (AvgIpc) is 2.55. The lowest BCUT2D eigenvalue weighted by Gasteiger charge is -2.10. The Morgan fingerprint density at radius 2 is 1.50 bits per heavy atom. The standard InChI is InChI=1S/C18H18N2O3S/c1-11(2)12-3-5-13(6-4-12)16(21)20-18(24)19-15-9-7-14(8-10-15)17(22)23/h3-11H,1-2H3,(H,22,23)(H2,19,20,21,24). The maximum absolute atomic E-state index is 12.2. The number of benzene rings is 2. The van der Waals surface area contributed by atoms with Gasteiger partial charge in [-0.05, 0) is 60.1 Å². The maximum Gasteiger partial charge on any atom is 0.335 e. The summed E-state index contributed by atoms with van der Waals surface area (Å²) in [6.07, 6.45) is 0. The normalized spacial score (nSPS) is 10.3. The molecule has 0 heterocycles. The minimum absolute atomic E-state index is 0.149. The van der Waals surface area contributed by atoms with Crippen molar-refractivity contribution in [3.63, 3.8) is 0 Å². The summed E-state index contributed by atoms with van der Waals surface area (Å²) in [7, 11) is 0. The first-order valence-corrected chi connectivity index (χ1v) is 7.83. The van der Waals surface area contributed by atoms with E-state index in [1.807, 2.05) is 12.1 Å². The molecule has 0 unspecified atom stereocenters. The van der Waals surface area contributed by atoms with Crippen molar-refractivity contribution in [1.29, 1.82) is 0 Å². The van der Waals surface area contributed by atoms with Crippen LogP contribution in [0.15, 0.2) is 48.5 Å². The summed E-state index contributed by atoms with van der Waals surface area (Å²) < 4.78 is 0. The topological polar surface area (TPSA) is 78.4 Å². The van der Waals surface area contributed by atoms with Crippen LogP contribution < -0.4 is 10.6 Å². The van der Waals surface area contributed by atoms with Crippen molar-refractivity contribution in [2.24, 2.45) is 0 Å². The zero-order valence-corrected chi connectivity index (χ0v) is 14.2. The van der Waals surface area contributed by atoms with Crippen LogP contribution in [0.2, 0.25) is 0 Å². The fourth-order valence-corrected chi connectivity index (χ4v) is 2.26. The average molecular weight is 342 g/mol. The molecule has 124 valence electrons. The molecule has 1 amide bonds. The number of hydrogen-bond donors (Lipinski definition) is 3. The predicted molar refractivity (Wildman–Crippen MR) is 97.6 cm³/mol. The summed E-state index contributed by atoms with van der Waals surface area (Å²) in [6.45, 7) is 4.17. The smallest absolute Gasteiger partial charge is 0.335 e. The molecule has 0 saturated heterocycles. The first kappa shape index (κ1) is 17.6. The molecule has 0 spiro atoms. The van der Waals surface area contributed by atoms with Crippen molar-refractivity contribution < 1.29 is 14.7 Å². The number of carboxylic acid groups (broad SMARTS) is 1. The van der Waals surface area contributed by atoms with E-state index in [0.717, 1.165) is 5.56 Å². The fraction of sp³-hybridized carbons (Fsp3) is 0.167. The van der Waals surface area contributed by atoms with Gasteiger partial charge in [-0.25, -0.2) is 4.79 Å². The third kappa shape index (κ3) is 4.63. The highest BCUT2D eigenvalue weighted by Gasteiger charge is 2.09. The molecule has 3 N–H and O–H groups in total. The summed E-state index contributed by atoms with van der Waals surface area (Å²) in [5.41, 5.74) is 2.46. The van der Waals surface area contributed by atoms with Crippen molar-refractivity contribution in [2.45, 2.75) is 19.8 Å². The van der Waals surface area contributed by atoms with E-state index in [2.05, 4.69) is 24.5 Å². The lowest BCUT2D eigenvalue weighted by atomic mass is 10.0. The number of thiocarbonyl (C=S) groups is 1. The highest BCUT2D eigenvalue weighted by atomic mass is 32.1. The highest BCUT2D eigenvalue weighted by Crippen LogP contribution is 2.15. The van der Waals surface area contributed by atoms with Crippen LogP contribution in [0.4, 0.5) is 5.69 Å². The Hall–Kier alpha value is -2.73. The molecule has 2 aromatic carbocycles. The fourth-order valence-electron chi connectivity index (χ4n) is 2.05. The summed E-state index contributed by atoms with van der Waals surface area (Å²) in [4.78, 5) is 23.0. The van der Waals surface area contributed by atoms with Gasteiger partial charge in [-0.2, -0.15) is 0 Å². The maximum atomic E-state index is 12.2. The van der Waals surface area contributed by atoms with Gasteiger partial charge in [0, 0.05) is 11.3 Å². The second-order valence-corrected chi connectivity index (χ2v) is 5.98. The molecule has 2 rings (SSSR count). The second kappa shape index (κ2) is 7.70. The molecule has 0 aliphatic heterocycles. The molecule has 0 saturated carbocycles. The van der Waals surface area contributed by atoms with Crippen LogP contribution in [0.25, 0.3) is 0 Å². The van der Waals surface area contributed by atoms with Crippen LogP contribution in [0.1, 0.15) is 46.0 Å². The molecule has 2 aromatic rings. The van der Waals surface area contributed by atoms with Gasteiger partial charge >= 0.3 is 5.97 Å². The third-order valence-electron chi connectivity index (χ3n) is 3.46. The van der Waals surface area contributed by atoms with Crippen LogP contribution in [0, 0.1) is 0 Å². The molecule has 0 atom stereocenters. The lowest BCUT2D eigenvalue weighted by Crippen LogP contribution is -2.34. The Morgan fingerprint density at radius 3 is 2.00 bits per heavy atom. The summed E-state index contributed by atoms with van der Waals surface area (Å²) in [6, 6.07) is 13.4. The Morgan fingerprint density at radius 1 is 0.958 bits per heavy atom. The largest absolute Gasteiger partial charge is 0.478 e. The van der Waals surface area contributed by atoms with Gasteiger partial charge in [-0.15, -0.1) is 0 Å². The molecule has 0 fully saturated rings. The van der Waals surface area contributed by atoms with Crippen molar-refractivity contribution in [2.75, 3.05) is 5.32 Å². The summed E-state index contributed by atoms with van der Waals surface area (Å²) in [5, 5.41) is 14.4. The SMILES string of the molecule is CC(C)c1ccc(C(=O)NC(=S)Nc2ccc(C(=O)O)cc2)cc1. The Bertz CT molecular complexity index is 753. The predicted octanol–water partition coefficient (Wildman–Crippen LogP) is 3.64. The first-order valence-electron chi connectivity index (χ1n) is 7.42. The van der Waals surface area contributed by atoms with Gasteiger partial charge in [0.05, 0.1) is 5.56 Å². The van der Waals surface area contributed by atoms with Gasteiger partial charge < -0.3 is 10.4 Å². The van der Waals surface area contributed by atoms with Crippen LogP contribution in [0.5, 0.6) is 0 Å². The van der Waals surface area contributed by atoms with E-state index >= 15 is 0 Å². The number of nitrogens with one attached hydrogen (secondary N) is 2. The van der Waals surface area contributed by atoms with Gasteiger partial charge in [-0.3, -0.25) is 10.1 Å². The monoisotopic (exact) mass is 342 g/mol. The lowest BCUT2D eigenvalue weighted by molar-refractivity contribution is 0.0696. The Balaban J connectivity index is 1.96. The van der Waals surface area contributed by atoms with E-state index in [0.29, 0.717) is 17.2 Å². The molecule has 24 heavy (non-hydrogen) atoms. The number of carboxylic acids is 1. The molecular formula is C18H18N2O3S. The van der Waals surface area contributed by atoms with Gasteiger partial charge in [-0.1, -0.05) is 26.0 Å². The molecule has 0 aliphatic carbocycles. The van der Waals surface area contributed by atoms with Gasteiger partial charge in [0.25, 0.3) is 5.91 Å². The van der Waals surface area contributed by atoms with Crippen molar-refractivity contribution in [3.8, 4) is 0 Å². The minimum Gasteiger partial charge on any atom is -0.478 e. The van der Waals surface area contributed by atoms with E-state index in [4.69, 9.17) is 17.3 Å². The number of anilines is 1. The number of rotatable bonds is 4. The highest BCUT2D eigenvalue weighted by molar-refractivity contribution is 7.80. The number of aromatic carboxylic acids is 1. The summed E-state index contributed by atoms with van der Waals surface area (Å²) in [5.74, 6) is -0.897. The van der Waals surface area contributed by atoms with Crippen molar-refractivity contribution in [3.05, 3.63) is 65.2 Å². The third-order valence-corrected chi connectivity index (χ3v) is 3.66. The Labute approximate surface area is 145 Å². The number of hydrogen-bond acceptors (Lipinski definition) is 3. The van der Waals surface area contributed by atoms with Gasteiger partial charge in [0.2, 0.25) is 0 Å². The van der Waals surface area contributed by atoms with Crippen molar-refractivity contribution in [1.82, 2.24) is 5.32 Å². The van der Waals surface area contributed by atoms with Gasteiger partial charge in [0.1, 0.15) is 0 Å². The molecule has 0 aromatic heterocycles. The molecule has 0 bridgehead atoms. The molecule has 0 radical (unpaired) electrons. The quantitative estimate of drug-likeness (QED) is 0.740. The van der Waals surface area contributed by atoms with Crippen LogP contribution in [-0.2, 0) is 0 Å². The number of carbonyl (C=O) groups is 2. The van der Waals surface area contributed by atoms with E-state index in [9.17, 15) is 9.59 Å². The molecule has 0 aliphatic rings. The van der Waals surface area contributed by atoms with Crippen molar-refractivity contribution >= 4 is 34.9 Å². The molecule has 5 nitrogen and oxygen atoms in total. The van der Waals surface area contributed by atoms with Crippen LogP contribution in [0.3, 0.4) is 0 Å². The zero-order valence-electron chi connectivity index (χ0n) is 13.4. The molecular weight excluding hydrogens is 324 g/mol. The van der Waals surface area contributed by atoms with E-state index in [1.165, 1.54) is 12.1 Å². The molecule has 6 heteroatoms. The van der Waals surface area contributed by atoms with E-state index < -0.39 is 5.97 Å². The van der Waals surface area contributed by atoms with E-state index in [1.54, 1.807) is 24.3 Å². The number of carbonyl (C=O) groups excluding carboxylic acids is 1. The zero-order chi connectivity index (χ0) is 17.7. The van der Waals surface area contributed by atoms with Crippen LogP contribution in [-0.4, -0.2) is 22.1 Å². The van der Waals surface area contributed by atoms with Gasteiger partial charge in [0.15, 0.2) is 5.11 Å². The summed E-state index contributed by atoms with van der Waals surface area (Å²) >= 11 is 5.10. The second-order valence-electron chi connectivity index (χ2n) is 5.57. The first-order chi connectivity index (χ1) is 11.4. The number of amides is 1. The minimum atomic E-state index is -0.998. The Kier molecular flexibility index (Phi) is 5.65. The van der Waals surface area contributed by atoms with E-state index in [-0.39, 0.29) is 16.6 Å².